The molecule has 130 valence electrons. The number of carbonyl (C=O) groups is 3. The number of hydrogen-bond acceptors (Lipinski definition) is 5. The molecule has 1 aliphatic heterocycles. The lowest BCUT2D eigenvalue weighted by Gasteiger charge is -2.22. The molecule has 1 N–H and O–H groups in total. The van der Waals surface area contributed by atoms with Crippen LogP contribution < -0.4 is 10.1 Å². The number of urea groups is 1. The van der Waals surface area contributed by atoms with Crippen molar-refractivity contribution in [3.05, 3.63) is 29.8 Å². The molecule has 0 spiro atoms. The molecule has 1 aromatic rings. The van der Waals surface area contributed by atoms with Crippen molar-refractivity contribution in [3.8, 4) is 5.75 Å². The maximum atomic E-state index is 12.7. The number of nitrogens with one attached hydrogen (secondary N) is 1. The Balaban J connectivity index is 2.10. The van der Waals surface area contributed by atoms with Crippen molar-refractivity contribution in [2.24, 2.45) is 0 Å². The number of carbonyl (C=O) groups excluding carboxylic acids is 3. The van der Waals surface area contributed by atoms with Gasteiger partial charge in [0.2, 0.25) is 0 Å². The minimum absolute atomic E-state index is 0.286. The molecule has 7 nitrogen and oxygen atoms in total. The van der Waals surface area contributed by atoms with Gasteiger partial charge in [0.05, 0.1) is 13.7 Å². The van der Waals surface area contributed by atoms with E-state index in [4.69, 9.17) is 9.47 Å². The molecule has 24 heavy (non-hydrogen) atoms. The van der Waals surface area contributed by atoms with Crippen LogP contribution in [0.2, 0.25) is 0 Å². The highest BCUT2D eigenvalue weighted by atomic mass is 16.5. The number of esters is 1. The van der Waals surface area contributed by atoms with Gasteiger partial charge in [-0.25, -0.2) is 4.79 Å². The molecule has 0 bridgehead atoms. The number of amides is 3. The van der Waals surface area contributed by atoms with Crippen LogP contribution in [0.5, 0.6) is 5.75 Å². The molecule has 7 heteroatoms. The molecule has 1 aliphatic rings. The van der Waals surface area contributed by atoms with Crippen molar-refractivity contribution in [2.75, 3.05) is 20.3 Å². The van der Waals surface area contributed by atoms with Gasteiger partial charge in [-0.05, 0) is 31.0 Å². The monoisotopic (exact) mass is 334 g/mol. The van der Waals surface area contributed by atoms with Crippen LogP contribution in [-0.2, 0) is 19.9 Å². The van der Waals surface area contributed by atoms with Crippen molar-refractivity contribution in [3.63, 3.8) is 0 Å². The van der Waals surface area contributed by atoms with Crippen LogP contribution in [0.25, 0.3) is 0 Å². The Morgan fingerprint density at radius 2 is 1.92 bits per heavy atom. The van der Waals surface area contributed by atoms with Gasteiger partial charge in [0, 0.05) is 0 Å². The molecule has 1 atom stereocenters. The van der Waals surface area contributed by atoms with Crippen LogP contribution in [0.4, 0.5) is 4.79 Å². The largest absolute Gasteiger partial charge is 0.497 e. The first-order valence-electron chi connectivity index (χ1n) is 7.86. The lowest BCUT2D eigenvalue weighted by atomic mass is 9.92. The average Bonchev–Trinajstić information content (AvgIpc) is 2.79. The predicted molar refractivity (Wildman–Crippen MR) is 86.5 cm³/mol. The highest BCUT2D eigenvalue weighted by Crippen LogP contribution is 2.29. The Hall–Kier alpha value is -2.57. The van der Waals surface area contributed by atoms with E-state index in [0.717, 1.165) is 17.7 Å². The third kappa shape index (κ3) is 3.50. The number of hydrogen-bond donors (Lipinski definition) is 1. The number of ether oxygens (including phenoxy) is 2. The second-order valence-corrected chi connectivity index (χ2v) is 5.75. The quantitative estimate of drug-likeness (QED) is 0.467. The van der Waals surface area contributed by atoms with Gasteiger partial charge in [-0.2, -0.15) is 0 Å². The van der Waals surface area contributed by atoms with E-state index in [9.17, 15) is 14.4 Å². The number of unbranched alkanes of at least 4 members (excludes halogenated alkanes) is 1. The summed E-state index contributed by atoms with van der Waals surface area (Å²) in [6.45, 7) is 3.48. The summed E-state index contributed by atoms with van der Waals surface area (Å²) in [5.41, 5.74) is -0.601. The second kappa shape index (κ2) is 7.33. The lowest BCUT2D eigenvalue weighted by molar-refractivity contribution is -0.147. The molecule has 2 rings (SSSR count). The Morgan fingerprint density at radius 1 is 1.25 bits per heavy atom. The first-order chi connectivity index (χ1) is 11.4. The molecule has 0 aromatic heterocycles. The van der Waals surface area contributed by atoms with Gasteiger partial charge in [-0.1, -0.05) is 25.5 Å². The molecule has 1 aromatic carbocycles. The molecule has 0 radical (unpaired) electrons. The summed E-state index contributed by atoms with van der Waals surface area (Å²) in [5.74, 6) is -0.425. The molecule has 1 fully saturated rings. The number of imide groups is 1. The number of methoxy groups -OCH3 is 1. The summed E-state index contributed by atoms with van der Waals surface area (Å²) < 4.78 is 10.1. The molecule has 1 saturated heterocycles. The van der Waals surface area contributed by atoms with Crippen LogP contribution in [0, 0.1) is 0 Å². The Kier molecular flexibility index (Phi) is 5.43. The van der Waals surface area contributed by atoms with Gasteiger partial charge in [-0.3, -0.25) is 14.5 Å². The molecule has 3 amide bonds. The zero-order valence-corrected chi connectivity index (χ0v) is 14.1. The summed E-state index contributed by atoms with van der Waals surface area (Å²) in [6, 6.07) is 6.23. The number of benzene rings is 1. The third-order valence-electron chi connectivity index (χ3n) is 3.99. The van der Waals surface area contributed by atoms with E-state index in [2.05, 4.69) is 5.32 Å². The van der Waals surface area contributed by atoms with Crippen LogP contribution in [0.15, 0.2) is 24.3 Å². The summed E-state index contributed by atoms with van der Waals surface area (Å²) in [7, 11) is 1.55. The van der Waals surface area contributed by atoms with Crippen LogP contribution in [-0.4, -0.2) is 43.1 Å². The van der Waals surface area contributed by atoms with E-state index in [1.165, 1.54) is 0 Å². The zero-order chi connectivity index (χ0) is 17.7. The van der Waals surface area contributed by atoms with Gasteiger partial charge in [0.25, 0.3) is 5.91 Å². The van der Waals surface area contributed by atoms with E-state index in [1.54, 1.807) is 38.3 Å². The standard InChI is InChI=1S/C17H22N2O5/c1-4-5-10-24-14(20)11-19-15(21)17(2,18-16(19)22)12-6-8-13(23-3)9-7-12/h6-9H,4-5,10-11H2,1-3H3,(H,18,22). The summed E-state index contributed by atoms with van der Waals surface area (Å²) in [4.78, 5) is 37.5. The minimum atomic E-state index is -1.22. The Labute approximate surface area is 140 Å². The maximum Gasteiger partial charge on any atom is 0.326 e. The van der Waals surface area contributed by atoms with Gasteiger partial charge >= 0.3 is 12.0 Å². The fourth-order valence-electron chi connectivity index (χ4n) is 2.47. The SMILES string of the molecule is CCCCOC(=O)CN1C(=O)NC(C)(c2ccc(OC)cc2)C1=O. The van der Waals surface area contributed by atoms with E-state index in [-0.39, 0.29) is 13.2 Å². The first-order valence-corrected chi connectivity index (χ1v) is 7.86. The minimum Gasteiger partial charge on any atom is -0.497 e. The Morgan fingerprint density at radius 3 is 2.50 bits per heavy atom. The third-order valence-corrected chi connectivity index (χ3v) is 3.99. The van der Waals surface area contributed by atoms with Gasteiger partial charge < -0.3 is 14.8 Å². The second-order valence-electron chi connectivity index (χ2n) is 5.75. The molecular weight excluding hydrogens is 312 g/mol. The predicted octanol–water partition coefficient (Wildman–Crippen LogP) is 1.81. The van der Waals surface area contributed by atoms with Gasteiger partial charge in [0.15, 0.2) is 0 Å². The van der Waals surface area contributed by atoms with Crippen molar-refractivity contribution >= 4 is 17.9 Å². The smallest absolute Gasteiger partial charge is 0.326 e. The van der Waals surface area contributed by atoms with Crippen molar-refractivity contribution in [1.29, 1.82) is 0 Å². The highest BCUT2D eigenvalue weighted by Gasteiger charge is 2.49. The summed E-state index contributed by atoms with van der Waals surface area (Å²) >= 11 is 0. The van der Waals surface area contributed by atoms with Crippen molar-refractivity contribution < 1.29 is 23.9 Å². The fraction of sp³-hybridized carbons (Fsp3) is 0.471. The highest BCUT2D eigenvalue weighted by molar-refractivity contribution is 6.08. The van der Waals surface area contributed by atoms with Crippen LogP contribution in [0.3, 0.4) is 0 Å². The van der Waals surface area contributed by atoms with Crippen LogP contribution in [0.1, 0.15) is 32.3 Å². The molecular formula is C17H22N2O5. The van der Waals surface area contributed by atoms with E-state index in [1.807, 2.05) is 6.92 Å². The van der Waals surface area contributed by atoms with E-state index >= 15 is 0 Å². The number of rotatable bonds is 7. The van der Waals surface area contributed by atoms with Crippen molar-refractivity contribution in [1.82, 2.24) is 10.2 Å². The molecule has 0 saturated carbocycles. The van der Waals surface area contributed by atoms with Gasteiger partial charge in [-0.15, -0.1) is 0 Å². The van der Waals surface area contributed by atoms with E-state index in [0.29, 0.717) is 11.3 Å². The first kappa shape index (κ1) is 17.8. The zero-order valence-electron chi connectivity index (χ0n) is 14.1. The Bertz CT molecular complexity index is 628. The molecule has 1 unspecified atom stereocenters. The van der Waals surface area contributed by atoms with E-state index < -0.39 is 23.4 Å². The average molecular weight is 334 g/mol. The van der Waals surface area contributed by atoms with Gasteiger partial charge in [0.1, 0.15) is 17.8 Å². The summed E-state index contributed by atoms with van der Waals surface area (Å²) in [6.07, 6.45) is 1.64. The summed E-state index contributed by atoms with van der Waals surface area (Å²) in [5, 5.41) is 2.65. The normalized spacial score (nSPS) is 20.0. The number of nitrogens with zero attached hydrogens (tertiary/aromatic N) is 1. The maximum absolute atomic E-state index is 12.7. The fourth-order valence-corrected chi connectivity index (χ4v) is 2.47. The lowest BCUT2D eigenvalue weighted by Crippen LogP contribution is -2.41. The van der Waals surface area contributed by atoms with Crippen molar-refractivity contribution in [2.45, 2.75) is 32.2 Å². The van der Waals surface area contributed by atoms with Crippen LogP contribution >= 0.6 is 0 Å². The molecule has 0 aliphatic carbocycles. The topological polar surface area (TPSA) is 84.9 Å². The molecule has 1 heterocycles.